The molecule has 12 heavy (non-hydrogen) atoms. The quantitative estimate of drug-likeness (QED) is 0.662. The minimum Gasteiger partial charge on any atom is -0.316 e. The van der Waals surface area contributed by atoms with Crippen LogP contribution in [0.3, 0.4) is 0 Å². The van der Waals surface area contributed by atoms with Crippen LogP contribution in [0.5, 0.6) is 0 Å². The zero-order valence-corrected chi connectivity index (χ0v) is 8.74. The summed E-state index contributed by atoms with van der Waals surface area (Å²) in [7, 11) is 0. The summed E-state index contributed by atoms with van der Waals surface area (Å²) in [5, 5.41) is 3.21. The van der Waals surface area contributed by atoms with Gasteiger partial charge in [-0.1, -0.05) is 27.7 Å². The first-order valence-corrected chi connectivity index (χ1v) is 4.78. The van der Waals surface area contributed by atoms with E-state index in [1.165, 1.54) is 0 Å². The van der Waals surface area contributed by atoms with Gasteiger partial charge in [0.2, 0.25) is 0 Å². The maximum atomic E-state index is 11.5. The van der Waals surface area contributed by atoms with Gasteiger partial charge in [0.15, 0.2) is 0 Å². The smallest absolute Gasteiger partial charge is 0.139 e. The molecule has 0 aromatic carbocycles. The molecule has 0 bridgehead atoms. The Morgan fingerprint density at radius 3 is 2.33 bits per heavy atom. The molecule has 72 valence electrons. The number of carbonyl (C=O) groups excluding carboxylic acids is 1. The van der Waals surface area contributed by atoms with Crippen LogP contribution in [0.2, 0.25) is 0 Å². The number of ketones is 1. The molecule has 0 aliphatic heterocycles. The van der Waals surface area contributed by atoms with E-state index in [-0.39, 0.29) is 5.41 Å². The normalized spacial score (nSPS) is 11.7. The topological polar surface area (TPSA) is 29.1 Å². The van der Waals surface area contributed by atoms with Crippen LogP contribution in [0, 0.1) is 5.41 Å². The molecule has 1 N–H and O–H groups in total. The summed E-state index contributed by atoms with van der Waals surface area (Å²) in [4.78, 5) is 11.5. The Labute approximate surface area is 75.7 Å². The van der Waals surface area contributed by atoms with E-state index < -0.39 is 0 Å². The lowest BCUT2D eigenvalue weighted by Crippen LogP contribution is -2.35. The van der Waals surface area contributed by atoms with Crippen molar-refractivity contribution in [2.24, 2.45) is 5.41 Å². The van der Waals surface area contributed by atoms with Crippen LogP contribution in [0.15, 0.2) is 0 Å². The molecule has 0 heterocycles. The Kier molecular flexibility index (Phi) is 5.14. The number of hydrogen-bond acceptors (Lipinski definition) is 2. The Morgan fingerprint density at radius 2 is 1.92 bits per heavy atom. The summed E-state index contributed by atoms with van der Waals surface area (Å²) >= 11 is 0. The summed E-state index contributed by atoms with van der Waals surface area (Å²) in [5.41, 5.74) is -0.188. The number of carbonyl (C=O) groups is 1. The molecule has 0 amide bonds. The molecule has 0 unspecified atom stereocenters. The van der Waals surface area contributed by atoms with E-state index in [9.17, 15) is 4.79 Å². The van der Waals surface area contributed by atoms with Crippen molar-refractivity contribution in [3.63, 3.8) is 0 Å². The van der Waals surface area contributed by atoms with Gasteiger partial charge in [0.1, 0.15) is 5.78 Å². The van der Waals surface area contributed by atoms with E-state index in [4.69, 9.17) is 0 Å². The second kappa shape index (κ2) is 5.31. The minimum absolute atomic E-state index is 0.188. The Morgan fingerprint density at radius 1 is 1.33 bits per heavy atom. The highest BCUT2D eigenvalue weighted by atomic mass is 16.1. The number of rotatable bonds is 6. The van der Waals surface area contributed by atoms with Gasteiger partial charge in [-0.25, -0.2) is 0 Å². The van der Waals surface area contributed by atoms with Crippen LogP contribution in [0.4, 0.5) is 0 Å². The highest BCUT2D eigenvalue weighted by Crippen LogP contribution is 2.17. The van der Waals surface area contributed by atoms with Gasteiger partial charge in [-0.2, -0.15) is 0 Å². The summed E-state index contributed by atoms with van der Waals surface area (Å²) in [6.07, 6.45) is 1.66. The first kappa shape index (κ1) is 11.6. The molecule has 0 radical (unpaired) electrons. The molecule has 2 nitrogen and oxygen atoms in total. The van der Waals surface area contributed by atoms with Crippen molar-refractivity contribution in [2.45, 2.75) is 40.5 Å². The van der Waals surface area contributed by atoms with Crippen molar-refractivity contribution >= 4 is 5.78 Å². The van der Waals surface area contributed by atoms with Gasteiger partial charge in [-0.15, -0.1) is 0 Å². The molecule has 0 fully saturated rings. The molecule has 2 heteroatoms. The summed E-state index contributed by atoms with van der Waals surface area (Å²) < 4.78 is 0. The molecule has 0 spiro atoms. The van der Waals surface area contributed by atoms with Gasteiger partial charge in [-0.05, 0) is 13.0 Å². The van der Waals surface area contributed by atoms with Gasteiger partial charge < -0.3 is 5.32 Å². The van der Waals surface area contributed by atoms with Crippen LogP contribution >= 0.6 is 0 Å². The molecule has 0 saturated heterocycles. The van der Waals surface area contributed by atoms with Crippen molar-refractivity contribution in [3.05, 3.63) is 0 Å². The zero-order chi connectivity index (χ0) is 9.61. The summed E-state index contributed by atoms with van der Waals surface area (Å²) in [5.74, 6) is 0.367. The minimum atomic E-state index is -0.188. The lowest BCUT2D eigenvalue weighted by atomic mass is 9.86. The Balaban J connectivity index is 3.90. The van der Waals surface area contributed by atoms with E-state index in [2.05, 4.69) is 12.2 Å². The van der Waals surface area contributed by atoms with Crippen molar-refractivity contribution in [3.8, 4) is 0 Å². The fraction of sp³-hybridized carbons (Fsp3) is 0.900. The monoisotopic (exact) mass is 171 g/mol. The number of hydrogen-bond donors (Lipinski definition) is 1. The maximum Gasteiger partial charge on any atom is 0.139 e. The summed E-state index contributed by atoms with van der Waals surface area (Å²) in [6, 6.07) is 0. The number of Topliss-reactive ketones (excluding diaryl/α,β-unsaturated/α-hetero) is 1. The second-order valence-electron chi connectivity index (χ2n) is 3.84. The third-order valence-corrected chi connectivity index (χ3v) is 2.05. The first-order chi connectivity index (χ1) is 5.54. The lowest BCUT2D eigenvalue weighted by molar-refractivity contribution is -0.126. The first-order valence-electron chi connectivity index (χ1n) is 4.78. The second-order valence-corrected chi connectivity index (χ2v) is 3.84. The lowest BCUT2D eigenvalue weighted by Gasteiger charge is -2.22. The molecule has 0 rings (SSSR count). The average Bonchev–Trinajstić information content (AvgIpc) is 2.01. The van der Waals surface area contributed by atoms with Crippen molar-refractivity contribution in [2.75, 3.05) is 13.1 Å². The van der Waals surface area contributed by atoms with Gasteiger partial charge in [-0.3, -0.25) is 4.79 Å². The van der Waals surface area contributed by atoms with Crippen LogP contribution < -0.4 is 5.32 Å². The van der Waals surface area contributed by atoms with Gasteiger partial charge in [0.05, 0.1) is 0 Å². The van der Waals surface area contributed by atoms with E-state index in [0.717, 1.165) is 19.5 Å². The van der Waals surface area contributed by atoms with Crippen molar-refractivity contribution < 1.29 is 4.79 Å². The van der Waals surface area contributed by atoms with Crippen LogP contribution in [0.1, 0.15) is 40.5 Å². The predicted molar refractivity (Wildman–Crippen MR) is 52.2 cm³/mol. The van der Waals surface area contributed by atoms with Crippen LogP contribution in [-0.4, -0.2) is 18.9 Å². The van der Waals surface area contributed by atoms with Gasteiger partial charge in [0.25, 0.3) is 0 Å². The maximum absolute atomic E-state index is 11.5. The van der Waals surface area contributed by atoms with Gasteiger partial charge >= 0.3 is 0 Å². The fourth-order valence-corrected chi connectivity index (χ4v) is 1.10. The Hall–Kier alpha value is -0.370. The van der Waals surface area contributed by atoms with Gasteiger partial charge in [0, 0.05) is 18.4 Å². The molecule has 0 atom stereocenters. The standard InChI is InChI=1S/C10H21NO/c1-5-7-9(12)10(3,4)8-11-6-2/h11H,5-8H2,1-4H3. The van der Waals surface area contributed by atoms with E-state index in [1.54, 1.807) is 0 Å². The van der Waals surface area contributed by atoms with Crippen LogP contribution in [0.25, 0.3) is 0 Å². The number of nitrogens with one attached hydrogen (secondary N) is 1. The average molecular weight is 171 g/mol. The zero-order valence-electron chi connectivity index (χ0n) is 8.74. The van der Waals surface area contributed by atoms with E-state index in [1.807, 2.05) is 20.8 Å². The fourth-order valence-electron chi connectivity index (χ4n) is 1.10. The molecule has 0 saturated carbocycles. The SMILES string of the molecule is CCCC(=O)C(C)(C)CNCC. The Bertz CT molecular complexity index is 141. The predicted octanol–water partition coefficient (Wildman–Crippen LogP) is 1.99. The molecular formula is C10H21NO. The van der Waals surface area contributed by atoms with E-state index >= 15 is 0 Å². The van der Waals surface area contributed by atoms with Crippen molar-refractivity contribution in [1.82, 2.24) is 5.32 Å². The molecule has 0 aromatic heterocycles. The molecular weight excluding hydrogens is 150 g/mol. The molecule has 0 aliphatic rings. The third kappa shape index (κ3) is 3.86. The highest BCUT2D eigenvalue weighted by molar-refractivity contribution is 5.84. The molecule has 0 aromatic rings. The van der Waals surface area contributed by atoms with Crippen LogP contribution in [-0.2, 0) is 4.79 Å². The summed E-state index contributed by atoms with van der Waals surface area (Å²) in [6.45, 7) is 9.84. The third-order valence-electron chi connectivity index (χ3n) is 2.05. The van der Waals surface area contributed by atoms with E-state index in [0.29, 0.717) is 12.2 Å². The highest BCUT2D eigenvalue weighted by Gasteiger charge is 2.25. The molecule has 0 aliphatic carbocycles. The van der Waals surface area contributed by atoms with Crippen molar-refractivity contribution in [1.29, 1.82) is 0 Å². The largest absolute Gasteiger partial charge is 0.316 e.